The van der Waals surface area contributed by atoms with Crippen LogP contribution in [0.2, 0.25) is 0 Å². The number of rotatable bonds is 3. The number of hydrogen-bond acceptors (Lipinski definition) is 5. The fraction of sp³-hybridized carbons (Fsp3) is 0.400. The number of imide groups is 1. The van der Waals surface area contributed by atoms with Crippen LogP contribution in [-0.2, 0) is 11.0 Å². The lowest BCUT2D eigenvalue weighted by molar-refractivity contribution is -0.141. The molecular weight excluding hydrogens is 297 g/mol. The Balaban J connectivity index is 2.73. The highest BCUT2D eigenvalue weighted by Crippen LogP contribution is 2.29. The van der Waals surface area contributed by atoms with Crippen LogP contribution in [0.3, 0.4) is 0 Å². The molecule has 20 heavy (non-hydrogen) atoms. The molecule has 0 aliphatic rings. The number of nitrogens with one attached hydrogen (secondary N) is 2. The molecule has 0 aliphatic carbocycles. The third-order valence-corrected chi connectivity index (χ3v) is 3.01. The molecule has 0 saturated heterocycles. The van der Waals surface area contributed by atoms with Crippen molar-refractivity contribution in [2.45, 2.75) is 23.5 Å². The first-order chi connectivity index (χ1) is 9.24. The fourth-order valence-electron chi connectivity index (χ4n) is 1.04. The van der Waals surface area contributed by atoms with Gasteiger partial charge in [-0.3, -0.25) is 10.1 Å². The van der Waals surface area contributed by atoms with Crippen molar-refractivity contribution in [1.29, 1.82) is 0 Å². The van der Waals surface area contributed by atoms with Gasteiger partial charge in [0.05, 0.1) is 5.25 Å². The Morgan fingerprint density at radius 2 is 2.05 bits per heavy atom. The molecule has 1 atom stereocenters. The third-order valence-electron chi connectivity index (χ3n) is 2.04. The minimum Gasteiger partial charge on any atom is -0.341 e. The van der Waals surface area contributed by atoms with E-state index in [-0.39, 0.29) is 5.16 Å². The van der Waals surface area contributed by atoms with Gasteiger partial charge in [0.25, 0.3) is 0 Å². The van der Waals surface area contributed by atoms with Crippen molar-refractivity contribution in [2.75, 3.05) is 7.05 Å². The second-order valence-corrected chi connectivity index (χ2v) is 4.86. The van der Waals surface area contributed by atoms with Crippen LogP contribution >= 0.6 is 11.8 Å². The number of halogens is 3. The molecule has 0 spiro atoms. The van der Waals surface area contributed by atoms with Crippen LogP contribution in [0.4, 0.5) is 18.0 Å². The lowest BCUT2D eigenvalue weighted by atomic mass is 10.4. The molecule has 1 unspecified atom stereocenters. The van der Waals surface area contributed by atoms with Gasteiger partial charge in [0, 0.05) is 13.2 Å². The predicted octanol–water partition coefficient (Wildman–Crippen LogP) is 1.43. The number of hydrogen-bond donors (Lipinski definition) is 2. The van der Waals surface area contributed by atoms with Gasteiger partial charge in [-0.1, -0.05) is 11.8 Å². The van der Waals surface area contributed by atoms with Gasteiger partial charge in [-0.15, -0.1) is 0 Å². The van der Waals surface area contributed by atoms with Crippen molar-refractivity contribution in [1.82, 2.24) is 20.6 Å². The zero-order valence-electron chi connectivity index (χ0n) is 10.5. The lowest BCUT2D eigenvalue weighted by Gasteiger charge is -2.11. The van der Waals surface area contributed by atoms with Crippen molar-refractivity contribution >= 4 is 23.7 Å². The van der Waals surface area contributed by atoms with Crippen LogP contribution in [0.1, 0.15) is 12.6 Å². The highest BCUT2D eigenvalue weighted by molar-refractivity contribution is 8.00. The van der Waals surface area contributed by atoms with Gasteiger partial charge in [-0.25, -0.2) is 14.8 Å². The highest BCUT2D eigenvalue weighted by atomic mass is 32.2. The molecule has 2 N–H and O–H groups in total. The van der Waals surface area contributed by atoms with E-state index in [1.165, 1.54) is 14.0 Å². The predicted molar refractivity (Wildman–Crippen MR) is 65.0 cm³/mol. The molecule has 1 aromatic rings. The topological polar surface area (TPSA) is 84.0 Å². The quantitative estimate of drug-likeness (QED) is 0.652. The Bertz CT molecular complexity index is 510. The molecule has 0 aromatic carbocycles. The van der Waals surface area contributed by atoms with E-state index in [4.69, 9.17) is 0 Å². The summed E-state index contributed by atoms with van der Waals surface area (Å²) in [5.41, 5.74) is -1.09. The summed E-state index contributed by atoms with van der Waals surface area (Å²) in [7, 11) is 1.33. The number of carbonyl (C=O) groups excluding carboxylic acids is 2. The van der Waals surface area contributed by atoms with Crippen LogP contribution in [-0.4, -0.2) is 34.2 Å². The average Bonchev–Trinajstić information content (AvgIpc) is 2.37. The number of amides is 3. The van der Waals surface area contributed by atoms with E-state index in [9.17, 15) is 22.8 Å². The Morgan fingerprint density at radius 1 is 1.40 bits per heavy atom. The number of alkyl halides is 3. The van der Waals surface area contributed by atoms with E-state index in [0.717, 1.165) is 24.0 Å². The zero-order chi connectivity index (χ0) is 15.3. The summed E-state index contributed by atoms with van der Waals surface area (Å²) >= 11 is 0.720. The van der Waals surface area contributed by atoms with E-state index in [1.807, 2.05) is 5.32 Å². The Hall–Kier alpha value is -1.84. The zero-order valence-corrected chi connectivity index (χ0v) is 11.3. The summed E-state index contributed by atoms with van der Waals surface area (Å²) in [6.45, 7) is 1.42. The van der Waals surface area contributed by atoms with Crippen molar-refractivity contribution in [3.63, 3.8) is 0 Å². The van der Waals surface area contributed by atoms with Gasteiger partial charge in [-0.05, 0) is 13.0 Å². The van der Waals surface area contributed by atoms with Gasteiger partial charge in [0.2, 0.25) is 5.91 Å². The van der Waals surface area contributed by atoms with Crippen molar-refractivity contribution in [3.05, 3.63) is 18.0 Å². The van der Waals surface area contributed by atoms with E-state index in [2.05, 4.69) is 15.3 Å². The highest BCUT2D eigenvalue weighted by Gasteiger charge is 2.33. The van der Waals surface area contributed by atoms with Crippen LogP contribution in [0.5, 0.6) is 0 Å². The third kappa shape index (κ3) is 4.68. The minimum atomic E-state index is -4.58. The summed E-state index contributed by atoms with van der Waals surface area (Å²) in [6, 6.07) is 0.0340. The molecule has 0 bridgehead atoms. The molecule has 10 heteroatoms. The van der Waals surface area contributed by atoms with Crippen molar-refractivity contribution in [3.8, 4) is 0 Å². The molecule has 3 amide bonds. The summed E-state index contributed by atoms with van der Waals surface area (Å²) in [6.07, 6.45) is -3.62. The standard InChI is InChI=1S/C10H11F3N4O2S/c1-5(7(18)17-8(19)14-2)20-9-15-4-3-6(16-9)10(11,12)13/h3-5H,1-2H3,(H2,14,17,18,19). The van der Waals surface area contributed by atoms with Gasteiger partial charge >= 0.3 is 12.2 Å². The van der Waals surface area contributed by atoms with Crippen LogP contribution in [0.15, 0.2) is 17.4 Å². The minimum absolute atomic E-state index is 0.195. The van der Waals surface area contributed by atoms with Gasteiger partial charge in [-0.2, -0.15) is 13.2 Å². The molecule has 1 heterocycles. The van der Waals surface area contributed by atoms with Crippen molar-refractivity contribution < 1.29 is 22.8 Å². The van der Waals surface area contributed by atoms with Crippen LogP contribution < -0.4 is 10.6 Å². The first-order valence-corrected chi connectivity index (χ1v) is 6.21. The molecule has 110 valence electrons. The summed E-state index contributed by atoms with van der Waals surface area (Å²) in [5, 5.41) is 3.17. The molecular formula is C10H11F3N4O2S. The van der Waals surface area contributed by atoms with E-state index in [1.54, 1.807) is 0 Å². The molecule has 6 nitrogen and oxygen atoms in total. The number of thioether (sulfide) groups is 1. The molecule has 1 rings (SSSR count). The van der Waals surface area contributed by atoms with Crippen LogP contribution in [0, 0.1) is 0 Å². The summed E-state index contributed by atoms with van der Waals surface area (Å²) < 4.78 is 37.3. The number of aromatic nitrogens is 2. The van der Waals surface area contributed by atoms with Gasteiger partial charge < -0.3 is 5.32 Å². The number of nitrogens with zero attached hydrogens (tertiary/aromatic N) is 2. The van der Waals surface area contributed by atoms with Crippen LogP contribution in [0.25, 0.3) is 0 Å². The maximum Gasteiger partial charge on any atom is 0.433 e. The molecule has 0 saturated carbocycles. The fourth-order valence-corrected chi connectivity index (χ4v) is 1.80. The largest absolute Gasteiger partial charge is 0.433 e. The monoisotopic (exact) mass is 308 g/mol. The normalized spacial score (nSPS) is 12.7. The Labute approximate surface area is 116 Å². The maximum atomic E-state index is 12.4. The molecule has 0 aliphatic heterocycles. The molecule has 0 radical (unpaired) electrons. The molecule has 1 aromatic heterocycles. The Kier molecular flexibility index (Phi) is 5.31. The Morgan fingerprint density at radius 3 is 2.60 bits per heavy atom. The number of urea groups is 1. The second kappa shape index (κ2) is 6.55. The summed E-state index contributed by atoms with van der Waals surface area (Å²) in [4.78, 5) is 29.4. The van der Waals surface area contributed by atoms with E-state index >= 15 is 0 Å². The van der Waals surface area contributed by atoms with E-state index in [0.29, 0.717) is 0 Å². The first kappa shape index (κ1) is 16.2. The summed E-state index contributed by atoms with van der Waals surface area (Å²) in [5.74, 6) is -0.657. The van der Waals surface area contributed by atoms with E-state index < -0.39 is 29.1 Å². The number of carbonyl (C=O) groups is 2. The average molecular weight is 308 g/mol. The smallest absolute Gasteiger partial charge is 0.341 e. The van der Waals surface area contributed by atoms with Crippen molar-refractivity contribution in [2.24, 2.45) is 0 Å². The first-order valence-electron chi connectivity index (χ1n) is 5.33. The maximum absolute atomic E-state index is 12.4. The SMILES string of the molecule is CNC(=O)NC(=O)C(C)Sc1nccc(C(F)(F)F)n1. The van der Waals surface area contributed by atoms with Gasteiger partial charge in [0.15, 0.2) is 5.16 Å². The molecule has 0 fully saturated rings. The second-order valence-electron chi connectivity index (χ2n) is 3.55. The lowest BCUT2D eigenvalue weighted by Crippen LogP contribution is -2.41. The van der Waals surface area contributed by atoms with Gasteiger partial charge in [0.1, 0.15) is 5.69 Å².